The van der Waals surface area contributed by atoms with Crippen LogP contribution in [0, 0.1) is 0 Å². The number of benzene rings is 8. The summed E-state index contributed by atoms with van der Waals surface area (Å²) in [4.78, 5) is 15.4. The van der Waals surface area contributed by atoms with Crippen molar-refractivity contribution in [3.63, 3.8) is 0 Å². The fraction of sp³-hybridized carbons (Fsp3) is 0. The van der Waals surface area contributed by atoms with Gasteiger partial charge in [0.1, 0.15) is 0 Å². The quantitative estimate of drug-likeness (QED) is 0.171. The molecular weight excluding hydrogens is 701 g/mol. The minimum atomic E-state index is 0.647. The standard InChI is InChI=1S/C51H32N4S/c1-4-13-33(14-5-1)34-23-25-36(26-24-34)50-52-49(35-15-6-2-7-16-35)53-51(54-50)41-20-12-22-47-48(41)43-32-38(28-30-46(43)56-47)37-27-29-45-42(31-37)40-19-10-11-21-44(40)55(45)39-17-8-3-9-18-39/h1-32H. The predicted octanol–water partition coefficient (Wildman–Crippen LogP) is 13.7. The van der Waals surface area contributed by atoms with Crippen molar-refractivity contribution in [1.29, 1.82) is 0 Å². The van der Waals surface area contributed by atoms with Gasteiger partial charge in [0.25, 0.3) is 0 Å². The summed E-state index contributed by atoms with van der Waals surface area (Å²) in [6.07, 6.45) is 0. The van der Waals surface area contributed by atoms with Crippen LogP contribution in [0.2, 0.25) is 0 Å². The third-order valence-corrected chi connectivity index (χ3v) is 11.8. The number of hydrogen-bond donors (Lipinski definition) is 0. The molecule has 0 aliphatic rings. The maximum absolute atomic E-state index is 5.19. The monoisotopic (exact) mass is 732 g/mol. The number of nitrogens with zero attached hydrogens (tertiary/aromatic N) is 4. The van der Waals surface area contributed by atoms with Crippen LogP contribution in [0.5, 0.6) is 0 Å². The summed E-state index contributed by atoms with van der Waals surface area (Å²) in [5.74, 6) is 1.96. The number of para-hydroxylation sites is 2. The van der Waals surface area contributed by atoms with Crippen molar-refractivity contribution in [3.05, 3.63) is 194 Å². The van der Waals surface area contributed by atoms with Crippen molar-refractivity contribution in [2.75, 3.05) is 0 Å². The van der Waals surface area contributed by atoms with E-state index in [2.05, 4.69) is 174 Å². The molecule has 0 spiro atoms. The molecule has 3 heterocycles. The predicted molar refractivity (Wildman–Crippen MR) is 234 cm³/mol. The molecule has 5 heteroatoms. The van der Waals surface area contributed by atoms with Crippen LogP contribution in [-0.4, -0.2) is 19.5 Å². The third kappa shape index (κ3) is 5.48. The van der Waals surface area contributed by atoms with E-state index in [1.165, 1.54) is 53.3 Å². The summed E-state index contributed by atoms with van der Waals surface area (Å²) in [5.41, 5.74) is 11.1. The highest BCUT2D eigenvalue weighted by Gasteiger charge is 2.18. The van der Waals surface area contributed by atoms with Crippen LogP contribution < -0.4 is 0 Å². The second-order valence-electron chi connectivity index (χ2n) is 14.0. The third-order valence-electron chi connectivity index (χ3n) is 10.7. The fourth-order valence-corrected chi connectivity index (χ4v) is 9.10. The number of aromatic nitrogens is 4. The molecule has 0 fully saturated rings. The Morgan fingerprint density at radius 2 is 0.875 bits per heavy atom. The molecule has 56 heavy (non-hydrogen) atoms. The van der Waals surface area contributed by atoms with E-state index in [1.54, 1.807) is 11.3 Å². The normalized spacial score (nSPS) is 11.6. The molecule has 11 rings (SSSR count). The number of thiophene rings is 1. The summed E-state index contributed by atoms with van der Waals surface area (Å²) in [7, 11) is 0. The van der Waals surface area contributed by atoms with E-state index in [1.807, 2.05) is 24.3 Å². The van der Waals surface area contributed by atoms with Crippen molar-refractivity contribution < 1.29 is 0 Å². The molecule has 0 radical (unpaired) electrons. The molecule has 0 atom stereocenters. The minimum Gasteiger partial charge on any atom is -0.309 e. The summed E-state index contributed by atoms with van der Waals surface area (Å²) in [6.45, 7) is 0. The SMILES string of the molecule is c1ccc(-c2ccc(-c3nc(-c4ccccc4)nc(-c4cccc5sc6ccc(-c7ccc8c(c7)c7ccccc7n8-c7ccccc7)cc6c45)n3)cc2)cc1. The molecule has 0 aliphatic heterocycles. The van der Waals surface area contributed by atoms with Crippen LogP contribution in [0.25, 0.3) is 104 Å². The Kier molecular flexibility index (Phi) is 7.64. The van der Waals surface area contributed by atoms with Crippen LogP contribution in [0.3, 0.4) is 0 Å². The van der Waals surface area contributed by atoms with Crippen LogP contribution in [0.15, 0.2) is 194 Å². The Bertz CT molecular complexity index is 3220. The fourth-order valence-electron chi connectivity index (χ4n) is 7.98. The maximum atomic E-state index is 5.19. The zero-order valence-electron chi connectivity index (χ0n) is 30.2. The van der Waals surface area contributed by atoms with Gasteiger partial charge in [-0.3, -0.25) is 0 Å². The molecule has 3 aromatic heterocycles. The van der Waals surface area contributed by atoms with Crippen LogP contribution in [-0.2, 0) is 0 Å². The first-order valence-electron chi connectivity index (χ1n) is 18.8. The first-order chi connectivity index (χ1) is 27.7. The molecule has 0 saturated carbocycles. The average Bonchev–Trinajstić information content (AvgIpc) is 3.82. The molecule has 0 saturated heterocycles. The topological polar surface area (TPSA) is 43.6 Å². The number of fused-ring (bicyclic) bond motifs is 6. The second kappa shape index (κ2) is 13.3. The van der Waals surface area contributed by atoms with Gasteiger partial charge in [-0.05, 0) is 70.8 Å². The highest BCUT2D eigenvalue weighted by atomic mass is 32.1. The summed E-state index contributed by atoms with van der Waals surface area (Å²) in [5, 5.41) is 4.83. The Morgan fingerprint density at radius 1 is 0.339 bits per heavy atom. The molecular formula is C51H32N4S. The zero-order valence-corrected chi connectivity index (χ0v) is 31.0. The average molecular weight is 733 g/mol. The molecule has 0 unspecified atom stereocenters. The molecule has 8 aromatic carbocycles. The lowest BCUT2D eigenvalue weighted by Gasteiger charge is -2.10. The first-order valence-corrected chi connectivity index (χ1v) is 19.6. The van der Waals surface area contributed by atoms with E-state index in [-0.39, 0.29) is 0 Å². The zero-order chi connectivity index (χ0) is 37.0. The lowest BCUT2D eigenvalue weighted by atomic mass is 9.99. The van der Waals surface area contributed by atoms with Gasteiger partial charge >= 0.3 is 0 Å². The Labute approximate surface area is 327 Å². The molecule has 0 amide bonds. The van der Waals surface area contributed by atoms with Crippen LogP contribution >= 0.6 is 11.3 Å². The van der Waals surface area contributed by atoms with Gasteiger partial charge in [0.2, 0.25) is 0 Å². The van der Waals surface area contributed by atoms with E-state index in [9.17, 15) is 0 Å². The van der Waals surface area contributed by atoms with Gasteiger partial charge in [-0.25, -0.2) is 15.0 Å². The first kappa shape index (κ1) is 32.2. The summed E-state index contributed by atoms with van der Waals surface area (Å²) in [6, 6.07) is 68.6. The van der Waals surface area contributed by atoms with E-state index < -0.39 is 0 Å². The van der Waals surface area contributed by atoms with Gasteiger partial charge in [-0.2, -0.15) is 0 Å². The van der Waals surface area contributed by atoms with Gasteiger partial charge < -0.3 is 4.57 Å². The second-order valence-corrected chi connectivity index (χ2v) is 15.1. The highest BCUT2D eigenvalue weighted by Crippen LogP contribution is 2.42. The number of hydrogen-bond acceptors (Lipinski definition) is 4. The molecule has 0 bridgehead atoms. The van der Waals surface area contributed by atoms with E-state index >= 15 is 0 Å². The van der Waals surface area contributed by atoms with Crippen molar-refractivity contribution in [1.82, 2.24) is 19.5 Å². The Morgan fingerprint density at radius 3 is 1.62 bits per heavy atom. The molecule has 262 valence electrons. The minimum absolute atomic E-state index is 0.647. The van der Waals surface area contributed by atoms with Crippen molar-refractivity contribution in [3.8, 4) is 62.1 Å². The van der Waals surface area contributed by atoms with Gasteiger partial charge in [0.15, 0.2) is 17.5 Å². The summed E-state index contributed by atoms with van der Waals surface area (Å²) >= 11 is 1.81. The lowest BCUT2D eigenvalue weighted by molar-refractivity contribution is 1.08. The summed E-state index contributed by atoms with van der Waals surface area (Å²) < 4.78 is 4.79. The van der Waals surface area contributed by atoms with E-state index in [0.717, 1.165) is 33.3 Å². The highest BCUT2D eigenvalue weighted by molar-refractivity contribution is 7.26. The molecule has 0 aliphatic carbocycles. The van der Waals surface area contributed by atoms with E-state index in [4.69, 9.17) is 15.0 Å². The molecule has 4 nitrogen and oxygen atoms in total. The van der Waals surface area contributed by atoms with Crippen molar-refractivity contribution in [2.24, 2.45) is 0 Å². The van der Waals surface area contributed by atoms with Gasteiger partial charge in [0.05, 0.1) is 11.0 Å². The van der Waals surface area contributed by atoms with Gasteiger partial charge in [-0.15, -0.1) is 11.3 Å². The van der Waals surface area contributed by atoms with Gasteiger partial charge in [-0.1, -0.05) is 146 Å². The largest absolute Gasteiger partial charge is 0.309 e. The van der Waals surface area contributed by atoms with Gasteiger partial charge in [0, 0.05) is 53.3 Å². The number of rotatable bonds is 6. The molecule has 0 N–H and O–H groups in total. The van der Waals surface area contributed by atoms with E-state index in [0.29, 0.717) is 17.5 Å². The van der Waals surface area contributed by atoms with Crippen LogP contribution in [0.4, 0.5) is 0 Å². The van der Waals surface area contributed by atoms with Crippen molar-refractivity contribution >= 4 is 53.3 Å². The Hall–Kier alpha value is -7.21. The maximum Gasteiger partial charge on any atom is 0.164 e. The van der Waals surface area contributed by atoms with Crippen LogP contribution in [0.1, 0.15) is 0 Å². The molecule has 11 aromatic rings. The van der Waals surface area contributed by atoms with Crippen molar-refractivity contribution in [2.45, 2.75) is 0 Å². The Balaban J connectivity index is 1.06. The lowest BCUT2D eigenvalue weighted by Crippen LogP contribution is -2.00. The smallest absolute Gasteiger partial charge is 0.164 e.